The normalized spacial score (nSPS) is 14.2. The molecule has 0 aliphatic heterocycles. The second kappa shape index (κ2) is 10.6. The van der Waals surface area contributed by atoms with Gasteiger partial charge in [-0.15, -0.1) is 0 Å². The van der Waals surface area contributed by atoms with Crippen molar-refractivity contribution in [3.63, 3.8) is 0 Å². The fourth-order valence-corrected chi connectivity index (χ4v) is 5.05. The Morgan fingerprint density at radius 3 is 2.62 bits per heavy atom. The van der Waals surface area contributed by atoms with Crippen molar-refractivity contribution < 1.29 is 18.3 Å². The van der Waals surface area contributed by atoms with Crippen molar-refractivity contribution in [2.75, 3.05) is 6.61 Å². The largest absolute Gasteiger partial charge is 0.487 e. The number of ether oxygens (including phenoxy) is 1. The second-order valence-electron chi connectivity index (χ2n) is 10.3. The van der Waals surface area contributed by atoms with Gasteiger partial charge in [0.25, 0.3) is 17.4 Å². The third kappa shape index (κ3) is 5.84. The number of H-pyrrole nitrogens is 1. The van der Waals surface area contributed by atoms with Crippen LogP contribution in [0.25, 0.3) is 16.6 Å². The Bertz CT molecular complexity index is 1570. The zero-order valence-corrected chi connectivity index (χ0v) is 22.2. The first kappa shape index (κ1) is 26.5. The molecular weight excluding hydrogens is 504 g/mol. The summed E-state index contributed by atoms with van der Waals surface area (Å²) < 4.78 is 33.9. The lowest BCUT2D eigenvalue weighted by Gasteiger charge is -2.16. The number of hydrogen-bond acceptors (Lipinski definition) is 5. The summed E-state index contributed by atoms with van der Waals surface area (Å²) >= 11 is 0. The molecule has 1 amide bonds. The number of aryl methyl sites for hydroxylation is 2. The Labute approximate surface area is 224 Å². The summed E-state index contributed by atoms with van der Waals surface area (Å²) in [7, 11) is 0. The molecule has 0 spiro atoms. The van der Waals surface area contributed by atoms with Crippen LogP contribution in [0.5, 0.6) is 5.75 Å². The lowest BCUT2D eigenvalue weighted by Crippen LogP contribution is -2.30. The fraction of sp³-hybridized carbons (Fsp3) is 0.379. The number of alkyl halides is 2. The quantitative estimate of drug-likeness (QED) is 0.318. The number of hydrogen-bond donors (Lipinski definition) is 2. The molecule has 8 nitrogen and oxygen atoms in total. The number of aromatic nitrogens is 4. The molecule has 1 aliphatic carbocycles. The van der Waals surface area contributed by atoms with E-state index in [0.717, 1.165) is 60.6 Å². The number of nitrogens with one attached hydrogen (secondary N) is 2. The number of carbonyl (C=O) groups excluding carboxylic acids is 1. The van der Waals surface area contributed by atoms with Gasteiger partial charge in [0.15, 0.2) is 6.61 Å². The second-order valence-corrected chi connectivity index (χ2v) is 10.3. The minimum atomic E-state index is -3.08. The first-order chi connectivity index (χ1) is 18.6. The third-order valence-electron chi connectivity index (χ3n) is 7.03. The smallest absolute Gasteiger partial charge is 0.278 e. The number of imidazole rings is 1. The highest BCUT2D eigenvalue weighted by molar-refractivity contribution is 5.95. The zero-order chi connectivity index (χ0) is 27.7. The Balaban J connectivity index is 1.50. The number of fused-ring (bicyclic) bond motifs is 1. The lowest BCUT2D eigenvalue weighted by atomic mass is 10.0. The van der Waals surface area contributed by atoms with Crippen LogP contribution < -0.4 is 15.6 Å². The Hall–Kier alpha value is -4.08. The molecular formula is C29H31F2N5O3. The number of nitrogens with zero attached hydrogens (tertiary/aromatic N) is 3. The van der Waals surface area contributed by atoms with E-state index in [4.69, 9.17) is 9.72 Å². The summed E-state index contributed by atoms with van der Waals surface area (Å²) in [5.41, 5.74) is 4.74. The van der Waals surface area contributed by atoms with Gasteiger partial charge in [0, 0.05) is 36.0 Å². The first-order valence-corrected chi connectivity index (χ1v) is 13.0. The maximum atomic E-state index is 13.6. The summed E-state index contributed by atoms with van der Waals surface area (Å²) in [4.78, 5) is 38.0. The maximum Gasteiger partial charge on any atom is 0.278 e. The molecule has 5 rings (SSSR count). The van der Waals surface area contributed by atoms with Gasteiger partial charge >= 0.3 is 0 Å². The van der Waals surface area contributed by atoms with Crippen LogP contribution in [0.3, 0.4) is 0 Å². The molecule has 1 aliphatic rings. The molecule has 1 saturated carbocycles. The van der Waals surface area contributed by atoms with Crippen molar-refractivity contribution in [3.05, 3.63) is 81.5 Å². The summed E-state index contributed by atoms with van der Waals surface area (Å²) in [6.07, 6.45) is 7.84. The number of pyridine rings is 3. The van der Waals surface area contributed by atoms with Gasteiger partial charge in [0.1, 0.15) is 17.8 Å². The van der Waals surface area contributed by atoms with E-state index in [0.29, 0.717) is 17.3 Å². The van der Waals surface area contributed by atoms with Crippen molar-refractivity contribution >= 4 is 11.4 Å². The van der Waals surface area contributed by atoms with Crippen molar-refractivity contribution in [1.82, 2.24) is 24.7 Å². The van der Waals surface area contributed by atoms with Crippen molar-refractivity contribution in [2.45, 2.75) is 64.8 Å². The molecule has 0 aromatic carbocycles. The van der Waals surface area contributed by atoms with E-state index in [1.165, 1.54) is 6.07 Å². The Morgan fingerprint density at radius 1 is 1.15 bits per heavy atom. The number of amides is 1. The lowest BCUT2D eigenvalue weighted by molar-refractivity contribution is -0.0233. The molecule has 0 unspecified atom stereocenters. The highest BCUT2D eigenvalue weighted by Crippen LogP contribution is 2.36. The standard InChI is InChI=1S/C29H31F2N5O3/c1-17-8-9-20(13-32-17)21-11-23-26(19-6-4-5-7-19)34-16-36(23)24(12-21)28(38)33-14-22-25(39-15-29(3,30)31)10-18(2)35-27(22)37/h8-13,16,19H,4-7,14-15H2,1-3H3,(H,33,38)(H,35,37). The molecule has 1 fully saturated rings. The van der Waals surface area contributed by atoms with Gasteiger partial charge < -0.3 is 15.0 Å². The van der Waals surface area contributed by atoms with E-state index in [1.807, 2.05) is 25.1 Å². The molecule has 0 bridgehead atoms. The van der Waals surface area contributed by atoms with Crippen molar-refractivity contribution in [1.29, 1.82) is 0 Å². The van der Waals surface area contributed by atoms with Gasteiger partial charge in [0.2, 0.25) is 0 Å². The molecule has 0 radical (unpaired) electrons. The van der Waals surface area contributed by atoms with Crippen LogP contribution in [0.1, 0.15) is 71.7 Å². The van der Waals surface area contributed by atoms with Gasteiger partial charge in [0.05, 0.1) is 23.3 Å². The van der Waals surface area contributed by atoms with Crippen molar-refractivity contribution in [2.24, 2.45) is 0 Å². The molecule has 0 saturated heterocycles. The Morgan fingerprint density at radius 2 is 1.92 bits per heavy atom. The van der Waals surface area contributed by atoms with Crippen LogP contribution in [0, 0.1) is 13.8 Å². The zero-order valence-electron chi connectivity index (χ0n) is 22.2. The van der Waals surface area contributed by atoms with Crippen LogP contribution in [0.2, 0.25) is 0 Å². The predicted molar refractivity (Wildman–Crippen MR) is 143 cm³/mol. The third-order valence-corrected chi connectivity index (χ3v) is 7.03. The minimum Gasteiger partial charge on any atom is -0.487 e. The molecule has 10 heteroatoms. The van der Waals surface area contributed by atoms with Crippen molar-refractivity contribution in [3.8, 4) is 16.9 Å². The summed E-state index contributed by atoms with van der Waals surface area (Å²) in [5, 5.41) is 2.78. The topological polar surface area (TPSA) is 101 Å². The average Bonchev–Trinajstić information content (AvgIpc) is 3.56. The van der Waals surface area contributed by atoms with E-state index in [-0.39, 0.29) is 17.9 Å². The van der Waals surface area contributed by atoms with Gasteiger partial charge in [-0.3, -0.25) is 19.0 Å². The SMILES string of the molecule is Cc1ccc(-c2cc(C(=O)NCc3c(OCC(C)(F)F)cc(C)[nH]c3=O)n3cnc(C4CCCC4)c3c2)cn1. The number of carbonyl (C=O) groups is 1. The molecule has 4 aromatic rings. The highest BCUT2D eigenvalue weighted by Gasteiger charge is 2.25. The fourth-order valence-electron chi connectivity index (χ4n) is 5.05. The number of aromatic amines is 1. The monoisotopic (exact) mass is 535 g/mol. The van der Waals surface area contributed by atoms with Gasteiger partial charge in [-0.05, 0) is 56.5 Å². The van der Waals surface area contributed by atoms with Crippen LogP contribution >= 0.6 is 0 Å². The maximum absolute atomic E-state index is 13.6. The van der Waals surface area contributed by atoms with Gasteiger partial charge in [-0.1, -0.05) is 18.9 Å². The molecule has 39 heavy (non-hydrogen) atoms. The molecule has 204 valence electrons. The van der Waals surface area contributed by atoms with Gasteiger partial charge in [-0.2, -0.15) is 0 Å². The number of rotatable bonds is 8. The van der Waals surface area contributed by atoms with Crippen LogP contribution in [-0.4, -0.2) is 37.8 Å². The van der Waals surface area contributed by atoms with Crippen LogP contribution in [0.15, 0.2) is 47.7 Å². The molecule has 0 atom stereocenters. The van der Waals surface area contributed by atoms with E-state index < -0.39 is 24.0 Å². The van der Waals surface area contributed by atoms with Crippen LogP contribution in [-0.2, 0) is 6.54 Å². The van der Waals surface area contributed by atoms with E-state index in [1.54, 1.807) is 29.9 Å². The minimum absolute atomic E-state index is 0.00820. The van der Waals surface area contributed by atoms with E-state index in [2.05, 4.69) is 15.3 Å². The summed E-state index contributed by atoms with van der Waals surface area (Å²) in [5.74, 6) is -3.18. The average molecular weight is 536 g/mol. The van der Waals surface area contributed by atoms with Crippen LogP contribution in [0.4, 0.5) is 8.78 Å². The van der Waals surface area contributed by atoms with E-state index in [9.17, 15) is 18.4 Å². The Kier molecular flexibility index (Phi) is 7.20. The summed E-state index contributed by atoms with van der Waals surface area (Å²) in [6, 6.07) is 9.15. The number of halogens is 2. The molecule has 4 aromatic heterocycles. The molecule has 2 N–H and O–H groups in total. The molecule has 4 heterocycles. The van der Waals surface area contributed by atoms with Gasteiger partial charge in [-0.25, -0.2) is 13.8 Å². The first-order valence-electron chi connectivity index (χ1n) is 13.0. The summed E-state index contributed by atoms with van der Waals surface area (Å²) in [6.45, 7) is 3.18. The van der Waals surface area contributed by atoms with E-state index >= 15 is 0 Å². The predicted octanol–water partition coefficient (Wildman–Crippen LogP) is 5.32. The highest BCUT2D eigenvalue weighted by atomic mass is 19.3.